The molecule has 1 unspecified atom stereocenters. The molecule has 1 rings (SSSR count). The van der Waals surface area contributed by atoms with Gasteiger partial charge in [-0.05, 0) is 43.5 Å². The van der Waals surface area contributed by atoms with Gasteiger partial charge in [-0.1, -0.05) is 6.08 Å². The van der Waals surface area contributed by atoms with Crippen LogP contribution >= 0.6 is 0 Å². The largest absolute Gasteiger partial charge is 0.494 e. The van der Waals surface area contributed by atoms with E-state index in [1.807, 2.05) is 31.5 Å². The molecule has 1 aliphatic rings. The van der Waals surface area contributed by atoms with Gasteiger partial charge in [0.1, 0.15) is 5.76 Å². The first-order valence-corrected chi connectivity index (χ1v) is 6.13. The van der Waals surface area contributed by atoms with Crippen LogP contribution in [0.1, 0.15) is 19.3 Å². The van der Waals surface area contributed by atoms with Crippen molar-refractivity contribution in [3.63, 3.8) is 0 Å². The average molecular weight is 237 g/mol. The van der Waals surface area contributed by atoms with E-state index in [0.29, 0.717) is 0 Å². The van der Waals surface area contributed by atoms with Gasteiger partial charge in [-0.2, -0.15) is 0 Å². The highest BCUT2D eigenvalue weighted by molar-refractivity contribution is 5.38. The van der Waals surface area contributed by atoms with Crippen LogP contribution in [0.25, 0.3) is 0 Å². The Labute approximate surface area is 103 Å². The van der Waals surface area contributed by atoms with E-state index in [1.165, 1.54) is 0 Å². The third-order valence-electron chi connectivity index (χ3n) is 2.60. The summed E-state index contributed by atoms with van der Waals surface area (Å²) in [7, 11) is 1.86. The highest BCUT2D eigenvalue weighted by atomic mass is 16.5. The fraction of sp³-hybridized carbons (Fsp3) is 0.538. The number of rotatable bonds is 7. The van der Waals surface area contributed by atoms with Gasteiger partial charge in [0.15, 0.2) is 0 Å². The van der Waals surface area contributed by atoms with Crippen LogP contribution in [0.4, 0.5) is 0 Å². The maximum atomic E-state index is 5.97. The molecule has 96 valence electrons. The Bertz CT molecular complexity index is 308. The van der Waals surface area contributed by atoms with Crippen molar-refractivity contribution in [2.24, 2.45) is 11.5 Å². The summed E-state index contributed by atoms with van der Waals surface area (Å²) in [5.41, 5.74) is 12.5. The van der Waals surface area contributed by atoms with E-state index in [4.69, 9.17) is 16.2 Å². The Morgan fingerprint density at radius 2 is 2.18 bits per heavy atom. The number of hydrogen-bond donors (Lipinski definition) is 3. The van der Waals surface area contributed by atoms with Crippen LogP contribution in [0.15, 0.2) is 35.8 Å². The van der Waals surface area contributed by atoms with Crippen LogP contribution in [-0.2, 0) is 4.74 Å². The molecule has 0 bridgehead atoms. The molecule has 4 heteroatoms. The van der Waals surface area contributed by atoms with E-state index in [-0.39, 0.29) is 6.04 Å². The summed E-state index contributed by atoms with van der Waals surface area (Å²) in [4.78, 5) is 0. The quantitative estimate of drug-likeness (QED) is 0.578. The number of unbranched alkanes of at least 4 members (excludes halogenated alkanes) is 2. The van der Waals surface area contributed by atoms with Crippen LogP contribution in [-0.4, -0.2) is 26.2 Å². The molecule has 0 radical (unpaired) electrons. The van der Waals surface area contributed by atoms with Crippen LogP contribution < -0.4 is 16.8 Å². The Hall–Kier alpha value is -1.26. The first-order valence-electron chi connectivity index (χ1n) is 6.13. The van der Waals surface area contributed by atoms with Crippen LogP contribution in [0.3, 0.4) is 0 Å². The molecule has 17 heavy (non-hydrogen) atoms. The second-order valence-electron chi connectivity index (χ2n) is 4.06. The second-order valence-corrected chi connectivity index (χ2v) is 4.06. The fourth-order valence-corrected chi connectivity index (χ4v) is 1.64. The molecule has 4 nitrogen and oxygen atoms in total. The highest BCUT2D eigenvalue weighted by Gasteiger charge is 2.10. The van der Waals surface area contributed by atoms with Gasteiger partial charge >= 0.3 is 0 Å². The lowest BCUT2D eigenvalue weighted by molar-refractivity contribution is 0.215. The molecule has 0 aromatic rings. The smallest absolute Gasteiger partial charge is 0.117 e. The normalized spacial score (nSPS) is 21.5. The summed E-state index contributed by atoms with van der Waals surface area (Å²) in [6.45, 7) is 1.49. The first-order chi connectivity index (χ1) is 8.27. The molecule has 1 atom stereocenters. The number of hydrogen-bond acceptors (Lipinski definition) is 4. The van der Waals surface area contributed by atoms with Gasteiger partial charge in [-0.15, -0.1) is 0 Å². The van der Waals surface area contributed by atoms with E-state index in [0.717, 1.165) is 43.7 Å². The van der Waals surface area contributed by atoms with E-state index in [1.54, 1.807) is 0 Å². The summed E-state index contributed by atoms with van der Waals surface area (Å²) in [6, 6.07) is -0.0912. The van der Waals surface area contributed by atoms with Gasteiger partial charge in [0.25, 0.3) is 0 Å². The Morgan fingerprint density at radius 3 is 2.82 bits per heavy atom. The lowest BCUT2D eigenvalue weighted by Crippen LogP contribution is -2.23. The second kappa shape index (κ2) is 7.92. The molecule has 0 saturated heterocycles. The molecule has 0 fully saturated rings. The monoisotopic (exact) mass is 237 g/mol. The molecule has 5 N–H and O–H groups in total. The molecule has 0 saturated carbocycles. The number of ether oxygens (including phenoxy) is 1. The molecular formula is C13H23N3O. The summed E-state index contributed by atoms with van der Waals surface area (Å²) < 4.78 is 5.63. The summed E-state index contributed by atoms with van der Waals surface area (Å²) in [6.07, 6.45) is 11.0. The zero-order chi connectivity index (χ0) is 12.5. The van der Waals surface area contributed by atoms with Gasteiger partial charge in [-0.25, -0.2) is 0 Å². The number of nitrogens with one attached hydrogen (secondary N) is 1. The van der Waals surface area contributed by atoms with Crippen LogP contribution in [0.2, 0.25) is 0 Å². The molecule has 0 spiro atoms. The topological polar surface area (TPSA) is 73.3 Å². The van der Waals surface area contributed by atoms with Gasteiger partial charge in [0, 0.05) is 13.2 Å². The van der Waals surface area contributed by atoms with Crippen molar-refractivity contribution in [3.8, 4) is 0 Å². The van der Waals surface area contributed by atoms with Crippen molar-refractivity contribution in [3.05, 3.63) is 35.8 Å². The standard InChI is InChI=1S/C13H23N3O/c1-16-10-11-5-6-12(9-13(11)15)17-8-4-2-3-7-14/h5-6,9-10,13,16H,2-4,7-8,14-15H2,1H3/b11-10-. The summed E-state index contributed by atoms with van der Waals surface area (Å²) in [5.74, 6) is 0.860. The third-order valence-corrected chi connectivity index (χ3v) is 2.60. The van der Waals surface area contributed by atoms with E-state index in [9.17, 15) is 0 Å². The van der Waals surface area contributed by atoms with E-state index in [2.05, 4.69) is 5.32 Å². The molecule has 0 aromatic carbocycles. The molecular weight excluding hydrogens is 214 g/mol. The minimum Gasteiger partial charge on any atom is -0.494 e. The van der Waals surface area contributed by atoms with E-state index >= 15 is 0 Å². The average Bonchev–Trinajstić information content (AvgIpc) is 2.32. The number of allylic oxidation sites excluding steroid dienone is 1. The minimum absolute atomic E-state index is 0.0912. The predicted octanol–water partition coefficient (Wildman–Crippen LogP) is 1.02. The molecule has 0 amide bonds. The maximum absolute atomic E-state index is 5.97. The third kappa shape index (κ3) is 5.06. The Kier molecular flexibility index (Phi) is 6.43. The fourth-order valence-electron chi connectivity index (χ4n) is 1.64. The first kappa shape index (κ1) is 13.8. The maximum Gasteiger partial charge on any atom is 0.117 e. The van der Waals surface area contributed by atoms with E-state index < -0.39 is 0 Å². The SMILES string of the molecule is CN/C=C1/C=CC(OCCCCCN)=CC1N. The van der Waals surface area contributed by atoms with Gasteiger partial charge in [-0.3, -0.25) is 0 Å². The number of nitrogens with two attached hydrogens (primary N) is 2. The Balaban J connectivity index is 2.30. The molecule has 0 heterocycles. The van der Waals surface area contributed by atoms with Gasteiger partial charge in [0.05, 0.1) is 12.6 Å². The molecule has 0 aromatic heterocycles. The van der Waals surface area contributed by atoms with Crippen molar-refractivity contribution < 1.29 is 4.74 Å². The van der Waals surface area contributed by atoms with Crippen molar-refractivity contribution in [1.82, 2.24) is 5.32 Å². The highest BCUT2D eigenvalue weighted by Crippen LogP contribution is 2.15. The summed E-state index contributed by atoms with van der Waals surface area (Å²) >= 11 is 0. The van der Waals surface area contributed by atoms with Gasteiger partial charge in [0.2, 0.25) is 0 Å². The zero-order valence-electron chi connectivity index (χ0n) is 10.5. The zero-order valence-corrected chi connectivity index (χ0v) is 10.5. The molecule has 1 aliphatic carbocycles. The van der Waals surface area contributed by atoms with Crippen LogP contribution in [0.5, 0.6) is 0 Å². The lowest BCUT2D eigenvalue weighted by Gasteiger charge is -2.16. The van der Waals surface area contributed by atoms with Gasteiger partial charge < -0.3 is 21.5 Å². The Morgan fingerprint density at radius 1 is 1.35 bits per heavy atom. The lowest BCUT2D eigenvalue weighted by atomic mass is 10.0. The molecule has 0 aliphatic heterocycles. The minimum atomic E-state index is -0.0912. The van der Waals surface area contributed by atoms with Crippen molar-refractivity contribution >= 4 is 0 Å². The van der Waals surface area contributed by atoms with Crippen LogP contribution in [0, 0.1) is 0 Å². The summed E-state index contributed by atoms with van der Waals surface area (Å²) in [5, 5.41) is 2.97. The van der Waals surface area contributed by atoms with Crippen molar-refractivity contribution in [2.45, 2.75) is 25.3 Å². The van der Waals surface area contributed by atoms with Crippen molar-refractivity contribution in [2.75, 3.05) is 20.2 Å². The van der Waals surface area contributed by atoms with Crippen molar-refractivity contribution in [1.29, 1.82) is 0 Å². The predicted molar refractivity (Wildman–Crippen MR) is 71.2 cm³/mol.